The number of ether oxygens (including phenoxy) is 3. The predicted molar refractivity (Wildman–Crippen MR) is 67.9 cm³/mol. The van der Waals surface area contributed by atoms with Gasteiger partial charge in [0.15, 0.2) is 0 Å². The Hall–Kier alpha value is -1.75. The Kier molecular flexibility index (Phi) is 4.55. The summed E-state index contributed by atoms with van der Waals surface area (Å²) in [7, 11) is 4.46. The zero-order valence-electron chi connectivity index (χ0n) is 11.1. The van der Waals surface area contributed by atoms with E-state index in [1.54, 1.807) is 39.3 Å². The number of methoxy groups -OCH3 is 3. The molecule has 1 rings (SSSR count). The van der Waals surface area contributed by atoms with Crippen LogP contribution in [0.2, 0.25) is 0 Å². The number of benzene rings is 1. The Balaban J connectivity index is 3.05. The second-order valence-electron chi connectivity index (χ2n) is 4.26. The van der Waals surface area contributed by atoms with E-state index in [4.69, 9.17) is 15.2 Å². The van der Waals surface area contributed by atoms with E-state index in [0.29, 0.717) is 17.9 Å². The van der Waals surface area contributed by atoms with Gasteiger partial charge in [-0.1, -0.05) is 0 Å². The molecule has 1 atom stereocenters. The standard InChI is InChI=1S/C13H19NO4/c1-13(14,12(15)18-4)8-9-7-10(16-2)5-6-11(9)17-3/h5-7H,8,14H2,1-4H3. The molecular weight excluding hydrogens is 234 g/mol. The van der Waals surface area contributed by atoms with E-state index in [1.807, 2.05) is 0 Å². The second kappa shape index (κ2) is 5.73. The fourth-order valence-electron chi connectivity index (χ4n) is 1.72. The number of rotatable bonds is 5. The van der Waals surface area contributed by atoms with Crippen molar-refractivity contribution in [2.75, 3.05) is 21.3 Å². The van der Waals surface area contributed by atoms with Crippen molar-refractivity contribution >= 4 is 5.97 Å². The van der Waals surface area contributed by atoms with Gasteiger partial charge in [0.1, 0.15) is 17.0 Å². The minimum absolute atomic E-state index is 0.306. The molecule has 1 aromatic carbocycles. The first-order chi connectivity index (χ1) is 8.44. The van der Waals surface area contributed by atoms with Crippen molar-refractivity contribution in [3.63, 3.8) is 0 Å². The van der Waals surface area contributed by atoms with Crippen molar-refractivity contribution in [1.29, 1.82) is 0 Å². The summed E-state index contributed by atoms with van der Waals surface area (Å²) in [5, 5.41) is 0. The molecule has 0 heterocycles. The highest BCUT2D eigenvalue weighted by atomic mass is 16.5. The molecule has 0 aliphatic rings. The summed E-state index contributed by atoms with van der Waals surface area (Å²) in [6, 6.07) is 5.36. The van der Waals surface area contributed by atoms with Gasteiger partial charge in [-0.3, -0.25) is 4.79 Å². The van der Waals surface area contributed by atoms with Crippen LogP contribution in [0.3, 0.4) is 0 Å². The molecule has 1 unspecified atom stereocenters. The van der Waals surface area contributed by atoms with Crippen molar-refractivity contribution < 1.29 is 19.0 Å². The van der Waals surface area contributed by atoms with Gasteiger partial charge in [-0.25, -0.2) is 0 Å². The summed E-state index contributed by atoms with van der Waals surface area (Å²) in [4.78, 5) is 11.6. The molecule has 0 saturated heterocycles. The lowest BCUT2D eigenvalue weighted by Crippen LogP contribution is -2.47. The quantitative estimate of drug-likeness (QED) is 0.797. The van der Waals surface area contributed by atoms with Crippen LogP contribution in [0, 0.1) is 0 Å². The Morgan fingerprint density at radius 1 is 1.28 bits per heavy atom. The molecule has 5 heteroatoms. The molecule has 100 valence electrons. The molecule has 0 aromatic heterocycles. The molecule has 0 saturated carbocycles. The second-order valence-corrected chi connectivity index (χ2v) is 4.26. The average Bonchev–Trinajstić information content (AvgIpc) is 2.37. The fourth-order valence-corrected chi connectivity index (χ4v) is 1.72. The Morgan fingerprint density at radius 3 is 2.44 bits per heavy atom. The predicted octanol–water partition coefficient (Wildman–Crippen LogP) is 1.14. The first-order valence-electron chi connectivity index (χ1n) is 5.53. The number of nitrogens with two attached hydrogens (primary N) is 1. The molecule has 5 nitrogen and oxygen atoms in total. The zero-order valence-corrected chi connectivity index (χ0v) is 11.1. The molecule has 0 radical (unpaired) electrons. The minimum Gasteiger partial charge on any atom is -0.497 e. The number of carbonyl (C=O) groups excluding carboxylic acids is 1. The molecular formula is C13H19NO4. The van der Waals surface area contributed by atoms with Crippen molar-refractivity contribution in [3.8, 4) is 11.5 Å². The van der Waals surface area contributed by atoms with Gasteiger partial charge >= 0.3 is 5.97 Å². The van der Waals surface area contributed by atoms with Crippen molar-refractivity contribution in [1.82, 2.24) is 0 Å². The van der Waals surface area contributed by atoms with E-state index in [9.17, 15) is 4.79 Å². The van der Waals surface area contributed by atoms with Gasteiger partial charge in [0.05, 0.1) is 21.3 Å². The lowest BCUT2D eigenvalue weighted by atomic mass is 9.93. The van der Waals surface area contributed by atoms with Crippen LogP contribution in [0.25, 0.3) is 0 Å². The van der Waals surface area contributed by atoms with Crippen LogP contribution < -0.4 is 15.2 Å². The van der Waals surface area contributed by atoms with E-state index in [2.05, 4.69) is 4.74 Å². The third-order valence-electron chi connectivity index (χ3n) is 2.70. The van der Waals surface area contributed by atoms with Gasteiger partial charge < -0.3 is 19.9 Å². The molecule has 0 spiro atoms. The zero-order chi connectivity index (χ0) is 13.8. The largest absolute Gasteiger partial charge is 0.497 e. The molecule has 2 N–H and O–H groups in total. The number of hydrogen-bond donors (Lipinski definition) is 1. The van der Waals surface area contributed by atoms with Gasteiger partial charge in [0, 0.05) is 12.0 Å². The van der Waals surface area contributed by atoms with Gasteiger partial charge in [-0.05, 0) is 25.1 Å². The van der Waals surface area contributed by atoms with Crippen LogP contribution in [-0.2, 0) is 16.0 Å². The summed E-state index contributed by atoms with van der Waals surface area (Å²) in [6.45, 7) is 1.62. The monoisotopic (exact) mass is 253 g/mol. The van der Waals surface area contributed by atoms with E-state index in [1.165, 1.54) is 7.11 Å². The SMILES string of the molecule is COC(=O)C(C)(N)Cc1cc(OC)ccc1OC. The highest BCUT2D eigenvalue weighted by Gasteiger charge is 2.31. The van der Waals surface area contributed by atoms with Crippen LogP contribution >= 0.6 is 0 Å². The Labute approximate surface area is 107 Å². The normalized spacial score (nSPS) is 13.6. The molecule has 0 aliphatic heterocycles. The highest BCUT2D eigenvalue weighted by molar-refractivity contribution is 5.80. The number of hydrogen-bond acceptors (Lipinski definition) is 5. The summed E-state index contributed by atoms with van der Waals surface area (Å²) in [5.74, 6) is 0.884. The van der Waals surface area contributed by atoms with E-state index >= 15 is 0 Å². The van der Waals surface area contributed by atoms with Crippen molar-refractivity contribution in [2.45, 2.75) is 18.9 Å². The lowest BCUT2D eigenvalue weighted by Gasteiger charge is -2.22. The molecule has 0 fully saturated rings. The average molecular weight is 253 g/mol. The van der Waals surface area contributed by atoms with Gasteiger partial charge in [-0.15, -0.1) is 0 Å². The first kappa shape index (κ1) is 14.3. The van der Waals surface area contributed by atoms with E-state index in [0.717, 1.165) is 5.56 Å². The summed E-state index contributed by atoms with van der Waals surface area (Å²) in [6.07, 6.45) is 0.306. The third kappa shape index (κ3) is 3.13. The summed E-state index contributed by atoms with van der Waals surface area (Å²) >= 11 is 0. The van der Waals surface area contributed by atoms with Crippen LogP contribution in [0.5, 0.6) is 11.5 Å². The molecule has 1 aromatic rings. The van der Waals surface area contributed by atoms with Gasteiger partial charge in [-0.2, -0.15) is 0 Å². The fraction of sp³-hybridized carbons (Fsp3) is 0.462. The maximum absolute atomic E-state index is 11.6. The van der Waals surface area contributed by atoms with Crippen LogP contribution in [-0.4, -0.2) is 32.8 Å². The molecule has 0 aliphatic carbocycles. The molecule has 0 bridgehead atoms. The van der Waals surface area contributed by atoms with E-state index < -0.39 is 11.5 Å². The smallest absolute Gasteiger partial charge is 0.325 e. The lowest BCUT2D eigenvalue weighted by molar-refractivity contribution is -0.146. The third-order valence-corrected chi connectivity index (χ3v) is 2.70. The molecule has 0 amide bonds. The van der Waals surface area contributed by atoms with Gasteiger partial charge in [0.25, 0.3) is 0 Å². The number of esters is 1. The number of carbonyl (C=O) groups is 1. The topological polar surface area (TPSA) is 70.8 Å². The summed E-state index contributed by atoms with van der Waals surface area (Å²) in [5.41, 5.74) is 5.64. The minimum atomic E-state index is -1.10. The maximum Gasteiger partial charge on any atom is 0.325 e. The Bertz CT molecular complexity index is 429. The van der Waals surface area contributed by atoms with Crippen LogP contribution in [0.15, 0.2) is 18.2 Å². The van der Waals surface area contributed by atoms with Crippen molar-refractivity contribution in [3.05, 3.63) is 23.8 Å². The maximum atomic E-state index is 11.6. The van der Waals surface area contributed by atoms with E-state index in [-0.39, 0.29) is 0 Å². The van der Waals surface area contributed by atoms with Crippen LogP contribution in [0.4, 0.5) is 0 Å². The van der Waals surface area contributed by atoms with Crippen molar-refractivity contribution in [2.24, 2.45) is 5.73 Å². The van der Waals surface area contributed by atoms with Gasteiger partial charge in [0.2, 0.25) is 0 Å². The summed E-state index contributed by atoms with van der Waals surface area (Å²) < 4.78 is 15.1. The first-order valence-corrected chi connectivity index (χ1v) is 5.53. The Morgan fingerprint density at radius 2 is 1.94 bits per heavy atom. The molecule has 18 heavy (non-hydrogen) atoms. The highest BCUT2D eigenvalue weighted by Crippen LogP contribution is 2.27. The van der Waals surface area contributed by atoms with Crippen LogP contribution in [0.1, 0.15) is 12.5 Å².